The van der Waals surface area contributed by atoms with Gasteiger partial charge in [-0.05, 0) is 24.7 Å². The van der Waals surface area contributed by atoms with Crippen LogP contribution in [-0.2, 0) is 10.0 Å². The molecular formula is C10H15Cl3N2O2S. The highest BCUT2D eigenvalue weighted by molar-refractivity contribution is 7.89. The Hall–Kier alpha value is -0.0400. The molecule has 0 aliphatic heterocycles. The lowest BCUT2D eigenvalue weighted by Gasteiger charge is -2.08. The van der Waals surface area contributed by atoms with Crippen molar-refractivity contribution in [2.75, 3.05) is 19.6 Å². The maximum Gasteiger partial charge on any atom is 0.242 e. The first kappa shape index (κ1) is 18.0. The molecule has 104 valence electrons. The molecule has 0 unspecified atom stereocenters. The van der Waals surface area contributed by atoms with Crippen molar-refractivity contribution in [2.45, 2.75) is 11.8 Å². The predicted octanol–water partition coefficient (Wildman–Crippen LogP) is 2.30. The van der Waals surface area contributed by atoms with E-state index in [2.05, 4.69) is 10.0 Å². The number of nitrogens with one attached hydrogen (secondary N) is 2. The fraction of sp³-hybridized carbons (Fsp3) is 0.400. The lowest BCUT2D eigenvalue weighted by Crippen LogP contribution is -2.31. The number of rotatable bonds is 6. The van der Waals surface area contributed by atoms with E-state index in [1.807, 2.05) is 6.92 Å². The average molecular weight is 334 g/mol. The highest BCUT2D eigenvalue weighted by atomic mass is 35.5. The normalized spacial score (nSPS) is 11.1. The Kier molecular flexibility index (Phi) is 8.18. The summed E-state index contributed by atoms with van der Waals surface area (Å²) in [5, 5.41) is 3.50. The van der Waals surface area contributed by atoms with Crippen LogP contribution in [0.2, 0.25) is 10.0 Å². The number of hydrogen-bond donors (Lipinski definition) is 2. The fourth-order valence-electron chi connectivity index (χ4n) is 1.21. The van der Waals surface area contributed by atoms with E-state index in [9.17, 15) is 8.42 Å². The summed E-state index contributed by atoms with van der Waals surface area (Å²) in [5.74, 6) is 0. The van der Waals surface area contributed by atoms with Crippen LogP contribution in [0.1, 0.15) is 6.92 Å². The Balaban J connectivity index is 0.00000289. The van der Waals surface area contributed by atoms with E-state index in [0.29, 0.717) is 18.1 Å². The Bertz CT molecular complexity index is 480. The highest BCUT2D eigenvalue weighted by Gasteiger charge is 2.17. The lowest BCUT2D eigenvalue weighted by atomic mass is 10.4. The molecule has 0 aliphatic carbocycles. The van der Waals surface area contributed by atoms with E-state index < -0.39 is 10.0 Å². The van der Waals surface area contributed by atoms with Crippen LogP contribution in [-0.4, -0.2) is 28.1 Å². The van der Waals surface area contributed by atoms with Crippen molar-refractivity contribution in [1.29, 1.82) is 0 Å². The van der Waals surface area contributed by atoms with Crippen molar-refractivity contribution in [3.63, 3.8) is 0 Å². The van der Waals surface area contributed by atoms with Gasteiger partial charge in [0.1, 0.15) is 4.90 Å². The van der Waals surface area contributed by atoms with Crippen molar-refractivity contribution in [3.05, 3.63) is 28.2 Å². The zero-order valence-electron chi connectivity index (χ0n) is 9.74. The molecule has 1 aromatic rings. The maximum absolute atomic E-state index is 11.9. The van der Waals surface area contributed by atoms with E-state index in [4.69, 9.17) is 23.2 Å². The molecule has 4 nitrogen and oxygen atoms in total. The molecule has 0 spiro atoms. The van der Waals surface area contributed by atoms with Crippen LogP contribution in [0, 0.1) is 0 Å². The van der Waals surface area contributed by atoms with Gasteiger partial charge in [0.2, 0.25) is 10.0 Å². The van der Waals surface area contributed by atoms with Gasteiger partial charge in [0.05, 0.1) is 5.02 Å². The summed E-state index contributed by atoms with van der Waals surface area (Å²) < 4.78 is 26.2. The number of sulfonamides is 1. The van der Waals surface area contributed by atoms with Crippen molar-refractivity contribution in [3.8, 4) is 0 Å². The van der Waals surface area contributed by atoms with E-state index in [1.54, 1.807) is 6.07 Å². The number of benzene rings is 1. The summed E-state index contributed by atoms with van der Waals surface area (Å²) in [4.78, 5) is 0.00293. The smallest absolute Gasteiger partial charge is 0.242 e. The topological polar surface area (TPSA) is 58.2 Å². The summed E-state index contributed by atoms with van der Waals surface area (Å²) in [5.41, 5.74) is 0. The first-order valence-electron chi connectivity index (χ1n) is 5.13. The van der Waals surface area contributed by atoms with Crippen molar-refractivity contribution in [1.82, 2.24) is 10.0 Å². The zero-order chi connectivity index (χ0) is 12.9. The van der Waals surface area contributed by atoms with Crippen molar-refractivity contribution in [2.24, 2.45) is 0 Å². The van der Waals surface area contributed by atoms with Crippen LogP contribution >= 0.6 is 35.6 Å². The lowest BCUT2D eigenvalue weighted by molar-refractivity contribution is 0.577. The molecule has 1 rings (SSSR count). The summed E-state index contributed by atoms with van der Waals surface area (Å²) in [7, 11) is -3.60. The van der Waals surface area contributed by atoms with Gasteiger partial charge in [0.15, 0.2) is 0 Å². The van der Waals surface area contributed by atoms with Crippen LogP contribution < -0.4 is 10.0 Å². The number of hydrogen-bond acceptors (Lipinski definition) is 3. The molecule has 0 amide bonds. The number of likely N-dealkylation sites (N-methyl/N-ethyl adjacent to an activating group) is 1. The molecule has 0 aliphatic rings. The molecule has 0 aromatic heterocycles. The van der Waals surface area contributed by atoms with Crippen molar-refractivity contribution < 1.29 is 8.42 Å². The molecule has 8 heteroatoms. The summed E-state index contributed by atoms with van der Waals surface area (Å²) >= 11 is 11.6. The second-order valence-electron chi connectivity index (χ2n) is 3.33. The van der Waals surface area contributed by atoms with Gasteiger partial charge in [-0.1, -0.05) is 30.1 Å². The SMILES string of the molecule is CCNCCNS(=O)(=O)c1cc(Cl)ccc1Cl.Cl. The minimum Gasteiger partial charge on any atom is -0.316 e. The number of halogens is 3. The highest BCUT2D eigenvalue weighted by Crippen LogP contribution is 2.24. The molecule has 18 heavy (non-hydrogen) atoms. The Morgan fingerprint density at radius 1 is 1.22 bits per heavy atom. The van der Waals surface area contributed by atoms with Crippen LogP contribution in [0.4, 0.5) is 0 Å². The molecule has 0 bridgehead atoms. The monoisotopic (exact) mass is 332 g/mol. The average Bonchev–Trinajstić information content (AvgIpc) is 2.28. The Morgan fingerprint density at radius 2 is 1.89 bits per heavy atom. The third-order valence-electron chi connectivity index (χ3n) is 2.03. The van der Waals surface area contributed by atoms with Gasteiger partial charge in [-0.25, -0.2) is 13.1 Å². The second-order valence-corrected chi connectivity index (χ2v) is 5.91. The summed E-state index contributed by atoms with van der Waals surface area (Å²) in [6.45, 7) is 3.61. The van der Waals surface area contributed by atoms with E-state index in [-0.39, 0.29) is 22.3 Å². The van der Waals surface area contributed by atoms with Gasteiger partial charge >= 0.3 is 0 Å². The van der Waals surface area contributed by atoms with Gasteiger partial charge in [-0.15, -0.1) is 12.4 Å². The minimum absolute atomic E-state index is 0. The quantitative estimate of drug-likeness (QED) is 0.785. The molecule has 1 aromatic carbocycles. The molecule has 0 saturated heterocycles. The van der Waals surface area contributed by atoms with Crippen LogP contribution in [0.25, 0.3) is 0 Å². The fourth-order valence-corrected chi connectivity index (χ4v) is 3.00. The maximum atomic E-state index is 11.9. The first-order chi connectivity index (χ1) is 7.97. The molecule has 0 atom stereocenters. The summed E-state index contributed by atoms with van der Waals surface area (Å²) in [6, 6.07) is 4.34. The van der Waals surface area contributed by atoms with Gasteiger partial charge in [0.25, 0.3) is 0 Å². The van der Waals surface area contributed by atoms with E-state index in [0.717, 1.165) is 6.54 Å². The largest absolute Gasteiger partial charge is 0.316 e. The van der Waals surface area contributed by atoms with Gasteiger partial charge < -0.3 is 5.32 Å². The van der Waals surface area contributed by atoms with E-state index in [1.165, 1.54) is 12.1 Å². The third kappa shape index (κ3) is 5.30. The Labute approximate surface area is 124 Å². The van der Waals surface area contributed by atoms with Crippen LogP contribution in [0.15, 0.2) is 23.1 Å². The minimum atomic E-state index is -3.60. The van der Waals surface area contributed by atoms with Gasteiger partial charge in [-0.2, -0.15) is 0 Å². The predicted molar refractivity (Wildman–Crippen MR) is 77.4 cm³/mol. The van der Waals surface area contributed by atoms with Crippen LogP contribution in [0.5, 0.6) is 0 Å². The zero-order valence-corrected chi connectivity index (χ0v) is 12.9. The van der Waals surface area contributed by atoms with Gasteiger partial charge in [-0.3, -0.25) is 0 Å². The summed E-state index contributed by atoms with van der Waals surface area (Å²) in [6.07, 6.45) is 0. The Morgan fingerprint density at radius 3 is 2.50 bits per heavy atom. The first-order valence-corrected chi connectivity index (χ1v) is 7.36. The molecule has 0 radical (unpaired) electrons. The molecular weight excluding hydrogens is 319 g/mol. The third-order valence-corrected chi connectivity index (χ3v) is 4.20. The van der Waals surface area contributed by atoms with Gasteiger partial charge in [0, 0.05) is 18.1 Å². The molecule has 0 heterocycles. The standard InChI is InChI=1S/C10H14Cl2N2O2S.ClH/c1-2-13-5-6-14-17(15,16)10-7-8(11)3-4-9(10)12;/h3-4,7,13-14H,2,5-6H2,1H3;1H. The van der Waals surface area contributed by atoms with Crippen LogP contribution in [0.3, 0.4) is 0 Å². The molecule has 0 fully saturated rings. The molecule has 2 N–H and O–H groups in total. The second kappa shape index (κ2) is 8.19. The van der Waals surface area contributed by atoms with Crippen molar-refractivity contribution >= 4 is 45.6 Å². The molecule has 0 saturated carbocycles. The van der Waals surface area contributed by atoms with E-state index >= 15 is 0 Å².